The maximum Gasteiger partial charge on any atom is 0.159 e. The van der Waals surface area contributed by atoms with Gasteiger partial charge in [-0.3, -0.25) is 0 Å². The van der Waals surface area contributed by atoms with E-state index >= 15 is 0 Å². The molecule has 2 aromatic carbocycles. The predicted octanol–water partition coefficient (Wildman–Crippen LogP) is 13.2. The van der Waals surface area contributed by atoms with Crippen LogP contribution in [0.4, 0.5) is 0 Å². The van der Waals surface area contributed by atoms with E-state index in [1.807, 2.05) is 24.8 Å². The predicted molar refractivity (Wildman–Crippen MR) is 224 cm³/mol. The van der Waals surface area contributed by atoms with Crippen LogP contribution in [-0.4, -0.2) is 33.1 Å². The Bertz CT molecular complexity index is 1420. The molecule has 6 nitrogen and oxygen atoms in total. The van der Waals surface area contributed by atoms with Gasteiger partial charge in [-0.05, 0) is 110 Å². The van der Waals surface area contributed by atoms with E-state index in [0.717, 1.165) is 47.1 Å². The second-order valence-corrected chi connectivity index (χ2v) is 15.8. The highest BCUT2D eigenvalue weighted by molar-refractivity contribution is 5.56. The lowest BCUT2D eigenvalue weighted by Crippen LogP contribution is -2.29. The second-order valence-electron chi connectivity index (χ2n) is 15.8. The molecule has 4 aromatic rings. The summed E-state index contributed by atoms with van der Waals surface area (Å²) in [6.45, 7) is 5.97. The van der Waals surface area contributed by atoms with Crippen molar-refractivity contribution in [1.82, 2.24) is 19.9 Å². The zero-order valence-electron chi connectivity index (χ0n) is 33.7. The third-order valence-electron chi connectivity index (χ3n) is 11.3. The molecule has 1 aliphatic carbocycles. The van der Waals surface area contributed by atoms with Gasteiger partial charge in [0.05, 0.1) is 13.2 Å². The average molecular weight is 733 g/mol. The third-order valence-corrected chi connectivity index (χ3v) is 11.3. The summed E-state index contributed by atoms with van der Waals surface area (Å²) in [5.41, 5.74) is 4.50. The van der Waals surface area contributed by atoms with Gasteiger partial charge in [0, 0.05) is 35.9 Å². The molecule has 2 heterocycles. The molecule has 1 fully saturated rings. The minimum Gasteiger partial charge on any atom is -0.493 e. The first kappa shape index (κ1) is 41.4. The molecule has 0 saturated heterocycles. The fraction of sp³-hybridized carbons (Fsp3) is 0.583. The van der Waals surface area contributed by atoms with Crippen molar-refractivity contribution in [2.24, 2.45) is 11.8 Å². The van der Waals surface area contributed by atoms with E-state index in [-0.39, 0.29) is 0 Å². The number of hydrogen-bond acceptors (Lipinski definition) is 6. The van der Waals surface area contributed by atoms with E-state index in [1.54, 1.807) is 0 Å². The van der Waals surface area contributed by atoms with E-state index in [9.17, 15) is 0 Å². The molecular weight excluding hydrogens is 665 g/mol. The third kappa shape index (κ3) is 14.8. The van der Waals surface area contributed by atoms with Crippen molar-refractivity contribution in [3.63, 3.8) is 0 Å². The average Bonchev–Trinajstić information content (AvgIpc) is 3.22. The summed E-state index contributed by atoms with van der Waals surface area (Å²) in [4.78, 5) is 18.7. The first-order valence-electron chi connectivity index (χ1n) is 21.8. The van der Waals surface area contributed by atoms with Crippen molar-refractivity contribution in [3.8, 4) is 34.3 Å². The van der Waals surface area contributed by atoms with Gasteiger partial charge in [-0.25, -0.2) is 19.9 Å². The maximum atomic E-state index is 6.34. The molecule has 2 atom stereocenters. The fourth-order valence-corrected chi connectivity index (χ4v) is 7.72. The van der Waals surface area contributed by atoms with Gasteiger partial charge in [0.15, 0.2) is 11.6 Å². The number of unbranched alkanes of at least 4 members (excludes halogenated alkanes) is 14. The molecule has 5 rings (SSSR count). The molecule has 0 N–H and O–H groups in total. The summed E-state index contributed by atoms with van der Waals surface area (Å²) in [5.74, 6) is 4.30. The van der Waals surface area contributed by atoms with E-state index < -0.39 is 0 Å². The number of rotatable bonds is 26. The molecule has 0 aliphatic heterocycles. The van der Waals surface area contributed by atoms with Gasteiger partial charge in [-0.15, -0.1) is 0 Å². The van der Waals surface area contributed by atoms with Crippen molar-refractivity contribution < 1.29 is 9.47 Å². The van der Waals surface area contributed by atoms with Crippen LogP contribution < -0.4 is 9.47 Å². The highest BCUT2D eigenvalue weighted by atomic mass is 16.5. The number of ether oxygens (including phenoxy) is 2. The standard InChI is InChI=1S/C48H68N4O2/c1-3-5-7-9-11-13-15-17-21-39-33-49-47(50-34-39)41-25-29-45(30-26-41)53-37-43-23-19-20-24-44(43)38-54-46-31-27-42(28-32-46)48-51-35-40(36-52-48)22-18-16-14-12-10-8-6-4-2/h25-36,43-44H,3-24,37-38H2,1-2H3/t43-,44-/m0/s1. The smallest absolute Gasteiger partial charge is 0.159 e. The first-order chi connectivity index (χ1) is 26.7. The lowest BCUT2D eigenvalue weighted by molar-refractivity contribution is 0.105. The lowest BCUT2D eigenvalue weighted by Gasteiger charge is -2.31. The van der Waals surface area contributed by atoms with Crippen LogP contribution in [0.5, 0.6) is 11.5 Å². The number of aryl methyl sites for hydroxylation is 2. The van der Waals surface area contributed by atoms with E-state index in [2.05, 4.69) is 82.3 Å². The molecule has 0 radical (unpaired) electrons. The molecule has 1 aliphatic rings. The second kappa shape index (κ2) is 24.6. The molecule has 0 bridgehead atoms. The van der Waals surface area contributed by atoms with Crippen LogP contribution in [-0.2, 0) is 12.8 Å². The molecule has 0 unspecified atom stereocenters. The van der Waals surface area contributed by atoms with Crippen LogP contribution >= 0.6 is 0 Å². The van der Waals surface area contributed by atoms with E-state index in [0.29, 0.717) is 25.0 Å². The van der Waals surface area contributed by atoms with Gasteiger partial charge in [-0.1, -0.05) is 117 Å². The van der Waals surface area contributed by atoms with Crippen LogP contribution in [0, 0.1) is 11.8 Å². The summed E-state index contributed by atoms with van der Waals surface area (Å²) in [5, 5.41) is 0. The summed E-state index contributed by atoms with van der Waals surface area (Å²) in [6, 6.07) is 16.5. The van der Waals surface area contributed by atoms with Gasteiger partial charge in [-0.2, -0.15) is 0 Å². The quantitative estimate of drug-likeness (QED) is 0.0599. The minimum atomic E-state index is 0.479. The highest BCUT2D eigenvalue weighted by Crippen LogP contribution is 2.32. The summed E-state index contributed by atoms with van der Waals surface area (Å²) in [6.07, 6.45) is 36.3. The molecule has 1 saturated carbocycles. The van der Waals surface area contributed by atoms with Crippen molar-refractivity contribution in [3.05, 3.63) is 84.4 Å². The summed E-state index contributed by atoms with van der Waals surface area (Å²) in [7, 11) is 0. The lowest BCUT2D eigenvalue weighted by atomic mass is 9.80. The summed E-state index contributed by atoms with van der Waals surface area (Å²) < 4.78 is 12.7. The van der Waals surface area contributed by atoms with Crippen LogP contribution in [0.2, 0.25) is 0 Å². The minimum absolute atomic E-state index is 0.479. The van der Waals surface area contributed by atoms with Crippen LogP contribution in [0.15, 0.2) is 73.3 Å². The van der Waals surface area contributed by atoms with Crippen LogP contribution in [0.25, 0.3) is 22.8 Å². The SMILES string of the molecule is CCCCCCCCCCc1cnc(-c2ccc(OC[C@@H]3CCCC[C@H]3COc3ccc(-c4ncc(CCCCCCCCCC)cn4)cc3)cc2)nc1. The van der Waals surface area contributed by atoms with Gasteiger partial charge in [0.25, 0.3) is 0 Å². The van der Waals surface area contributed by atoms with Gasteiger partial charge in [0.1, 0.15) is 11.5 Å². The topological polar surface area (TPSA) is 70.0 Å². The maximum absolute atomic E-state index is 6.34. The van der Waals surface area contributed by atoms with Gasteiger partial charge < -0.3 is 9.47 Å². The Labute approximate surface area is 327 Å². The largest absolute Gasteiger partial charge is 0.493 e. The van der Waals surface area contributed by atoms with Gasteiger partial charge >= 0.3 is 0 Å². The first-order valence-corrected chi connectivity index (χ1v) is 21.8. The van der Waals surface area contributed by atoms with Crippen molar-refractivity contribution >= 4 is 0 Å². The van der Waals surface area contributed by atoms with Crippen molar-refractivity contribution in [1.29, 1.82) is 0 Å². The normalized spacial score (nSPS) is 15.7. The Morgan fingerprint density at radius 2 is 0.778 bits per heavy atom. The number of nitrogens with zero attached hydrogens (tertiary/aromatic N) is 4. The molecular formula is C48H68N4O2. The number of benzene rings is 2. The highest BCUT2D eigenvalue weighted by Gasteiger charge is 2.26. The van der Waals surface area contributed by atoms with Crippen molar-refractivity contribution in [2.75, 3.05) is 13.2 Å². The molecule has 2 aromatic heterocycles. The Hall–Kier alpha value is -3.80. The number of hydrogen-bond donors (Lipinski definition) is 0. The Morgan fingerprint density at radius 1 is 0.444 bits per heavy atom. The number of aromatic nitrogens is 4. The zero-order chi connectivity index (χ0) is 37.5. The molecule has 6 heteroatoms. The molecule has 54 heavy (non-hydrogen) atoms. The van der Waals surface area contributed by atoms with E-state index in [1.165, 1.54) is 140 Å². The fourth-order valence-electron chi connectivity index (χ4n) is 7.72. The van der Waals surface area contributed by atoms with Gasteiger partial charge in [0.2, 0.25) is 0 Å². The molecule has 0 spiro atoms. The van der Waals surface area contributed by atoms with E-state index in [4.69, 9.17) is 9.47 Å². The monoisotopic (exact) mass is 733 g/mol. The molecule has 0 amide bonds. The summed E-state index contributed by atoms with van der Waals surface area (Å²) >= 11 is 0. The molecule has 292 valence electrons. The Kier molecular flexibility index (Phi) is 18.8. The van der Waals surface area contributed by atoms with Crippen LogP contribution in [0.3, 0.4) is 0 Å². The van der Waals surface area contributed by atoms with Crippen molar-refractivity contribution in [2.45, 2.75) is 155 Å². The zero-order valence-corrected chi connectivity index (χ0v) is 33.7. The Balaban J connectivity index is 0.996. The Morgan fingerprint density at radius 3 is 1.13 bits per heavy atom. The van der Waals surface area contributed by atoms with Crippen LogP contribution in [0.1, 0.15) is 153 Å².